The molecule has 0 amide bonds. The first-order valence-electron chi connectivity index (χ1n) is 10.5. The van der Waals surface area contributed by atoms with Gasteiger partial charge in [0.15, 0.2) is 12.0 Å². The minimum absolute atomic E-state index is 0.0943. The van der Waals surface area contributed by atoms with Crippen molar-refractivity contribution in [1.82, 2.24) is 4.57 Å². The second kappa shape index (κ2) is 10.7. The minimum Gasteiger partial charge on any atom is -0.456 e. The summed E-state index contributed by atoms with van der Waals surface area (Å²) >= 11 is 0. The summed E-state index contributed by atoms with van der Waals surface area (Å²) in [7, 11) is 0. The van der Waals surface area contributed by atoms with E-state index in [0.717, 1.165) is 11.1 Å². The molecule has 0 aliphatic rings. The van der Waals surface area contributed by atoms with Gasteiger partial charge in [-0.05, 0) is 44.0 Å². The SMILES string of the molecule is CC(C)(C)OC(=O)c1cccc(Cn2cc(OC=O)c(COCc3ccccc3)c2C=O)c1. The van der Waals surface area contributed by atoms with Crippen molar-refractivity contribution in [2.24, 2.45) is 0 Å². The third kappa shape index (κ3) is 6.63. The molecule has 33 heavy (non-hydrogen) atoms. The number of aromatic nitrogens is 1. The van der Waals surface area contributed by atoms with Gasteiger partial charge < -0.3 is 18.8 Å². The Balaban J connectivity index is 1.81. The van der Waals surface area contributed by atoms with E-state index < -0.39 is 11.6 Å². The van der Waals surface area contributed by atoms with Crippen molar-refractivity contribution in [1.29, 1.82) is 0 Å². The molecular weight excluding hydrogens is 422 g/mol. The molecule has 2 aromatic carbocycles. The Bertz CT molecular complexity index is 1110. The van der Waals surface area contributed by atoms with Crippen LogP contribution in [0.2, 0.25) is 0 Å². The van der Waals surface area contributed by atoms with Gasteiger partial charge in [-0.1, -0.05) is 42.5 Å². The van der Waals surface area contributed by atoms with E-state index in [-0.39, 0.29) is 12.4 Å². The zero-order chi connectivity index (χ0) is 23.8. The maximum absolute atomic E-state index is 12.4. The van der Waals surface area contributed by atoms with Crippen molar-refractivity contribution in [2.45, 2.75) is 46.1 Å². The van der Waals surface area contributed by atoms with Gasteiger partial charge in [-0.2, -0.15) is 0 Å². The molecule has 172 valence electrons. The second-order valence-electron chi connectivity index (χ2n) is 8.50. The molecule has 3 rings (SSSR count). The lowest BCUT2D eigenvalue weighted by atomic mass is 10.1. The standard InChI is InChI=1S/C26H27NO6/c1-26(2,3)33-25(30)21-11-7-10-20(12-21)13-27-14-24(32-18-29)22(23(27)15-28)17-31-16-19-8-5-4-6-9-19/h4-12,14-15,18H,13,16-17H2,1-3H3. The molecule has 0 bridgehead atoms. The average molecular weight is 450 g/mol. The van der Waals surface area contributed by atoms with E-state index in [1.807, 2.05) is 36.4 Å². The topological polar surface area (TPSA) is 83.8 Å². The molecule has 1 heterocycles. The van der Waals surface area contributed by atoms with E-state index in [0.29, 0.717) is 42.7 Å². The summed E-state index contributed by atoms with van der Waals surface area (Å²) in [6.45, 7) is 6.47. The molecule has 0 saturated heterocycles. The lowest BCUT2D eigenvalue weighted by molar-refractivity contribution is -0.120. The normalized spacial score (nSPS) is 11.1. The lowest BCUT2D eigenvalue weighted by Gasteiger charge is -2.19. The van der Waals surface area contributed by atoms with Crippen molar-refractivity contribution >= 4 is 18.7 Å². The van der Waals surface area contributed by atoms with E-state index >= 15 is 0 Å². The Kier molecular flexibility index (Phi) is 7.79. The average Bonchev–Trinajstić information content (AvgIpc) is 3.09. The zero-order valence-corrected chi connectivity index (χ0v) is 18.9. The third-order valence-corrected chi connectivity index (χ3v) is 4.75. The van der Waals surface area contributed by atoms with Crippen LogP contribution in [0.5, 0.6) is 5.75 Å². The number of esters is 1. The van der Waals surface area contributed by atoms with Crippen LogP contribution in [0.3, 0.4) is 0 Å². The van der Waals surface area contributed by atoms with Gasteiger partial charge in [-0.15, -0.1) is 0 Å². The van der Waals surface area contributed by atoms with E-state index in [1.165, 1.54) is 0 Å². The summed E-state index contributed by atoms with van der Waals surface area (Å²) in [5, 5.41) is 0. The maximum atomic E-state index is 12.4. The summed E-state index contributed by atoms with van der Waals surface area (Å²) in [5.41, 5.74) is 2.40. The van der Waals surface area contributed by atoms with E-state index in [4.69, 9.17) is 14.2 Å². The molecule has 1 aromatic heterocycles. The fourth-order valence-electron chi connectivity index (χ4n) is 3.33. The van der Waals surface area contributed by atoms with Crippen LogP contribution in [0, 0.1) is 0 Å². The predicted octanol–water partition coefficient (Wildman–Crippen LogP) is 4.56. The Morgan fingerprint density at radius 2 is 1.70 bits per heavy atom. The van der Waals surface area contributed by atoms with Crippen LogP contribution < -0.4 is 4.74 Å². The van der Waals surface area contributed by atoms with E-state index in [9.17, 15) is 14.4 Å². The highest BCUT2D eigenvalue weighted by Gasteiger charge is 2.20. The van der Waals surface area contributed by atoms with Gasteiger partial charge in [-0.3, -0.25) is 9.59 Å². The van der Waals surface area contributed by atoms with Gasteiger partial charge in [-0.25, -0.2) is 4.79 Å². The van der Waals surface area contributed by atoms with Crippen LogP contribution in [-0.4, -0.2) is 28.9 Å². The highest BCUT2D eigenvalue weighted by molar-refractivity contribution is 5.89. The molecule has 0 N–H and O–H groups in total. The largest absolute Gasteiger partial charge is 0.456 e. The van der Waals surface area contributed by atoms with Crippen LogP contribution in [0.15, 0.2) is 60.8 Å². The quantitative estimate of drug-likeness (QED) is 0.333. The molecular formula is C26H27NO6. The number of hydrogen-bond acceptors (Lipinski definition) is 6. The number of carbonyl (C=O) groups excluding carboxylic acids is 3. The van der Waals surface area contributed by atoms with E-state index in [1.54, 1.807) is 49.7 Å². The summed E-state index contributed by atoms with van der Waals surface area (Å²) in [4.78, 5) is 35.3. The molecule has 0 atom stereocenters. The number of rotatable bonds is 10. The molecule has 0 aliphatic carbocycles. The number of aldehydes is 1. The fraction of sp³-hybridized carbons (Fsp3) is 0.269. The van der Waals surface area contributed by atoms with Gasteiger partial charge in [0.2, 0.25) is 0 Å². The lowest BCUT2D eigenvalue weighted by Crippen LogP contribution is -2.24. The molecule has 7 heteroatoms. The summed E-state index contributed by atoms with van der Waals surface area (Å²) in [5.74, 6) is -0.170. The Hall–Kier alpha value is -3.71. The van der Waals surface area contributed by atoms with Gasteiger partial charge in [0.05, 0.1) is 24.5 Å². The first-order valence-corrected chi connectivity index (χ1v) is 10.5. The van der Waals surface area contributed by atoms with Crippen LogP contribution >= 0.6 is 0 Å². The number of benzene rings is 2. The van der Waals surface area contributed by atoms with Gasteiger partial charge >= 0.3 is 5.97 Å². The molecule has 0 unspecified atom stereocenters. The summed E-state index contributed by atoms with van der Waals surface area (Å²) in [6.07, 6.45) is 2.29. The van der Waals surface area contributed by atoms with Crippen molar-refractivity contribution in [3.05, 3.63) is 88.7 Å². The fourth-order valence-corrected chi connectivity index (χ4v) is 3.33. The highest BCUT2D eigenvalue weighted by atomic mass is 16.6. The van der Waals surface area contributed by atoms with Crippen molar-refractivity contribution < 1.29 is 28.6 Å². The molecule has 0 aliphatic heterocycles. The van der Waals surface area contributed by atoms with Gasteiger partial charge in [0.1, 0.15) is 5.60 Å². The Morgan fingerprint density at radius 1 is 0.970 bits per heavy atom. The first-order chi connectivity index (χ1) is 15.8. The number of carbonyl (C=O) groups is 3. The zero-order valence-electron chi connectivity index (χ0n) is 18.9. The van der Waals surface area contributed by atoms with Crippen LogP contribution in [-0.2, 0) is 34.0 Å². The highest BCUT2D eigenvalue weighted by Crippen LogP contribution is 2.26. The molecule has 0 saturated carbocycles. The van der Waals surface area contributed by atoms with Crippen molar-refractivity contribution in [3.63, 3.8) is 0 Å². The van der Waals surface area contributed by atoms with Crippen molar-refractivity contribution in [3.8, 4) is 5.75 Å². The third-order valence-electron chi connectivity index (χ3n) is 4.75. The van der Waals surface area contributed by atoms with E-state index in [2.05, 4.69) is 0 Å². The van der Waals surface area contributed by atoms with Gasteiger partial charge in [0, 0.05) is 18.3 Å². The van der Waals surface area contributed by atoms with Crippen LogP contribution in [0.4, 0.5) is 0 Å². The summed E-state index contributed by atoms with van der Waals surface area (Å²) < 4.78 is 18.0. The number of hydrogen-bond donors (Lipinski definition) is 0. The molecule has 0 fully saturated rings. The maximum Gasteiger partial charge on any atom is 0.338 e. The second-order valence-corrected chi connectivity index (χ2v) is 8.50. The summed E-state index contributed by atoms with van der Waals surface area (Å²) in [6, 6.07) is 16.6. The van der Waals surface area contributed by atoms with Crippen molar-refractivity contribution in [2.75, 3.05) is 0 Å². The monoisotopic (exact) mass is 449 g/mol. The smallest absolute Gasteiger partial charge is 0.338 e. The van der Waals surface area contributed by atoms with Crippen LogP contribution in [0.1, 0.15) is 58.3 Å². The first kappa shape index (κ1) is 23.9. The Labute approximate surface area is 192 Å². The molecule has 0 spiro atoms. The number of ether oxygens (including phenoxy) is 3. The predicted molar refractivity (Wildman–Crippen MR) is 122 cm³/mol. The molecule has 3 aromatic rings. The molecule has 0 radical (unpaired) electrons. The van der Waals surface area contributed by atoms with Gasteiger partial charge in [0.25, 0.3) is 6.47 Å². The van der Waals surface area contributed by atoms with Crippen LogP contribution in [0.25, 0.3) is 0 Å². The number of nitrogens with zero attached hydrogens (tertiary/aromatic N) is 1. The minimum atomic E-state index is -0.603. The molecule has 7 nitrogen and oxygen atoms in total. The Morgan fingerprint density at radius 3 is 2.36 bits per heavy atom.